The van der Waals surface area contributed by atoms with Crippen molar-refractivity contribution in [2.24, 2.45) is 0 Å². The second kappa shape index (κ2) is 7.38. The largest absolute Gasteiger partial charge is 0.296 e. The van der Waals surface area contributed by atoms with E-state index >= 15 is 0 Å². The van der Waals surface area contributed by atoms with Crippen LogP contribution in [0.5, 0.6) is 0 Å². The highest BCUT2D eigenvalue weighted by Gasteiger charge is 2.28. The summed E-state index contributed by atoms with van der Waals surface area (Å²) >= 11 is 0. The van der Waals surface area contributed by atoms with Crippen molar-refractivity contribution in [1.82, 2.24) is 9.21 Å². The van der Waals surface area contributed by atoms with Crippen molar-refractivity contribution in [3.8, 4) is 0 Å². The summed E-state index contributed by atoms with van der Waals surface area (Å²) in [6.45, 7) is 2.92. The van der Waals surface area contributed by atoms with Gasteiger partial charge in [0.05, 0.1) is 4.90 Å². The lowest BCUT2D eigenvalue weighted by atomic mass is 10.1. The number of piperazine rings is 1. The summed E-state index contributed by atoms with van der Waals surface area (Å²) < 4.78 is 40.6. The van der Waals surface area contributed by atoms with Crippen LogP contribution in [0.4, 0.5) is 4.39 Å². The predicted octanol–water partition coefficient (Wildman–Crippen LogP) is 3.49. The summed E-state index contributed by atoms with van der Waals surface area (Å²) in [4.78, 5) is 2.54. The highest BCUT2D eigenvalue weighted by Crippen LogP contribution is 2.23. The Balaban J connectivity index is 1.45. The number of sulfonamides is 1. The van der Waals surface area contributed by atoms with E-state index in [1.807, 2.05) is 30.3 Å². The molecule has 0 radical (unpaired) electrons. The van der Waals surface area contributed by atoms with Crippen LogP contribution in [-0.4, -0.2) is 43.8 Å². The third-order valence-corrected chi connectivity index (χ3v) is 6.90. The molecule has 4 nitrogen and oxygen atoms in total. The van der Waals surface area contributed by atoms with Crippen molar-refractivity contribution >= 4 is 20.8 Å². The molecule has 1 saturated heterocycles. The zero-order valence-electron chi connectivity index (χ0n) is 14.9. The SMILES string of the molecule is O=S(=O)(c1ccc2ccccc2c1)N1CCN(Cc2ccc(F)cc2)CC1. The fourth-order valence-electron chi connectivity index (χ4n) is 3.45. The third-order valence-electron chi connectivity index (χ3n) is 5.01. The van der Waals surface area contributed by atoms with Crippen LogP contribution in [0, 0.1) is 5.82 Å². The second-order valence-corrected chi connectivity index (χ2v) is 8.75. The summed E-state index contributed by atoms with van der Waals surface area (Å²) in [5.74, 6) is -0.245. The van der Waals surface area contributed by atoms with Gasteiger partial charge in [0.15, 0.2) is 0 Å². The molecule has 1 heterocycles. The van der Waals surface area contributed by atoms with Gasteiger partial charge in [-0.1, -0.05) is 42.5 Å². The highest BCUT2D eigenvalue weighted by molar-refractivity contribution is 7.89. The van der Waals surface area contributed by atoms with Crippen LogP contribution in [0.2, 0.25) is 0 Å². The molecule has 27 heavy (non-hydrogen) atoms. The summed E-state index contributed by atoms with van der Waals surface area (Å²) in [6, 6.07) is 19.5. The van der Waals surface area contributed by atoms with Crippen molar-refractivity contribution in [3.63, 3.8) is 0 Å². The summed E-state index contributed by atoms with van der Waals surface area (Å²) in [6.07, 6.45) is 0. The van der Waals surface area contributed by atoms with E-state index in [1.54, 1.807) is 28.6 Å². The van der Waals surface area contributed by atoms with Gasteiger partial charge < -0.3 is 0 Å². The second-order valence-electron chi connectivity index (χ2n) is 6.82. The fraction of sp³-hybridized carbons (Fsp3) is 0.238. The maximum absolute atomic E-state index is 13.0. The van der Waals surface area contributed by atoms with Gasteiger partial charge in [0.2, 0.25) is 10.0 Å². The highest BCUT2D eigenvalue weighted by atomic mass is 32.2. The van der Waals surface area contributed by atoms with E-state index in [4.69, 9.17) is 0 Å². The van der Waals surface area contributed by atoms with E-state index < -0.39 is 10.0 Å². The number of fused-ring (bicyclic) bond motifs is 1. The molecule has 0 aromatic heterocycles. The van der Waals surface area contributed by atoms with Gasteiger partial charge in [-0.25, -0.2) is 12.8 Å². The molecule has 0 N–H and O–H groups in total. The van der Waals surface area contributed by atoms with Crippen molar-refractivity contribution < 1.29 is 12.8 Å². The Morgan fingerprint density at radius 2 is 1.48 bits per heavy atom. The van der Waals surface area contributed by atoms with Crippen LogP contribution >= 0.6 is 0 Å². The molecule has 0 bridgehead atoms. The standard InChI is InChI=1S/C21H21FN2O2S/c22-20-8-5-17(6-9-20)16-23-11-13-24(14-12-23)27(25,26)21-10-7-18-3-1-2-4-19(18)15-21/h1-10,15H,11-14,16H2. The van der Waals surface area contributed by atoms with E-state index in [0.717, 1.165) is 16.3 Å². The monoisotopic (exact) mass is 384 g/mol. The minimum Gasteiger partial charge on any atom is -0.296 e. The Morgan fingerprint density at radius 1 is 0.815 bits per heavy atom. The van der Waals surface area contributed by atoms with Crippen molar-refractivity contribution in [1.29, 1.82) is 0 Å². The van der Waals surface area contributed by atoms with E-state index in [1.165, 1.54) is 12.1 Å². The normalized spacial score (nSPS) is 16.6. The van der Waals surface area contributed by atoms with Crippen LogP contribution in [-0.2, 0) is 16.6 Å². The van der Waals surface area contributed by atoms with Gasteiger partial charge in [-0.05, 0) is 40.6 Å². The Hall–Kier alpha value is -2.28. The lowest BCUT2D eigenvalue weighted by Gasteiger charge is -2.34. The molecule has 0 spiro atoms. The minimum absolute atomic E-state index is 0.245. The average Bonchev–Trinajstić information content (AvgIpc) is 2.70. The molecular weight excluding hydrogens is 363 g/mol. The molecule has 1 aliphatic heterocycles. The molecule has 1 fully saturated rings. The molecule has 6 heteroatoms. The zero-order valence-corrected chi connectivity index (χ0v) is 15.7. The van der Waals surface area contributed by atoms with E-state index in [2.05, 4.69) is 4.90 Å². The first-order chi connectivity index (χ1) is 13.0. The van der Waals surface area contributed by atoms with Gasteiger partial charge in [-0.2, -0.15) is 4.31 Å². The molecule has 0 saturated carbocycles. The van der Waals surface area contributed by atoms with Gasteiger partial charge in [-0.3, -0.25) is 4.90 Å². The maximum atomic E-state index is 13.0. The van der Waals surface area contributed by atoms with Crippen molar-refractivity contribution in [3.05, 3.63) is 78.1 Å². The van der Waals surface area contributed by atoms with E-state index in [9.17, 15) is 12.8 Å². The van der Waals surface area contributed by atoms with E-state index in [0.29, 0.717) is 37.6 Å². The molecule has 0 amide bonds. The topological polar surface area (TPSA) is 40.6 Å². The molecule has 0 atom stereocenters. The molecule has 140 valence electrons. The molecule has 3 aromatic carbocycles. The van der Waals surface area contributed by atoms with Gasteiger partial charge in [0.25, 0.3) is 0 Å². The summed E-state index contributed by atoms with van der Waals surface area (Å²) in [7, 11) is -3.50. The van der Waals surface area contributed by atoms with Gasteiger partial charge in [0.1, 0.15) is 5.82 Å². The fourth-order valence-corrected chi connectivity index (χ4v) is 4.91. The van der Waals surface area contributed by atoms with Gasteiger partial charge >= 0.3 is 0 Å². The number of halogens is 1. The van der Waals surface area contributed by atoms with Crippen molar-refractivity contribution in [2.45, 2.75) is 11.4 Å². The minimum atomic E-state index is -3.50. The Morgan fingerprint density at radius 3 is 2.19 bits per heavy atom. The number of hydrogen-bond donors (Lipinski definition) is 0. The van der Waals surface area contributed by atoms with Gasteiger partial charge in [0, 0.05) is 32.7 Å². The van der Waals surface area contributed by atoms with Crippen LogP contribution in [0.15, 0.2) is 71.6 Å². The quantitative estimate of drug-likeness (QED) is 0.691. The van der Waals surface area contributed by atoms with Crippen LogP contribution in [0.1, 0.15) is 5.56 Å². The molecule has 4 rings (SSSR count). The Labute approximate surface area is 158 Å². The Bertz CT molecular complexity index is 1040. The zero-order chi connectivity index (χ0) is 18.9. The Kier molecular flexibility index (Phi) is 4.95. The predicted molar refractivity (Wildman–Crippen MR) is 104 cm³/mol. The number of hydrogen-bond acceptors (Lipinski definition) is 3. The third kappa shape index (κ3) is 3.88. The molecule has 1 aliphatic rings. The van der Waals surface area contributed by atoms with Crippen molar-refractivity contribution in [2.75, 3.05) is 26.2 Å². The lowest BCUT2D eigenvalue weighted by Crippen LogP contribution is -2.48. The number of benzene rings is 3. The number of nitrogens with zero attached hydrogens (tertiary/aromatic N) is 2. The van der Waals surface area contributed by atoms with Crippen LogP contribution in [0.25, 0.3) is 10.8 Å². The molecule has 3 aromatic rings. The first kappa shape index (κ1) is 18.1. The van der Waals surface area contributed by atoms with Crippen LogP contribution < -0.4 is 0 Å². The number of rotatable bonds is 4. The molecular formula is C21H21FN2O2S. The molecule has 0 unspecified atom stereocenters. The van der Waals surface area contributed by atoms with Gasteiger partial charge in [-0.15, -0.1) is 0 Å². The van der Waals surface area contributed by atoms with E-state index in [-0.39, 0.29) is 5.82 Å². The summed E-state index contributed by atoms with van der Waals surface area (Å²) in [5.41, 5.74) is 1.03. The summed E-state index contributed by atoms with van der Waals surface area (Å²) in [5, 5.41) is 1.95. The first-order valence-electron chi connectivity index (χ1n) is 8.98. The molecule has 0 aliphatic carbocycles. The average molecular weight is 384 g/mol. The smallest absolute Gasteiger partial charge is 0.243 e. The lowest BCUT2D eigenvalue weighted by molar-refractivity contribution is 0.181. The van der Waals surface area contributed by atoms with Crippen LogP contribution in [0.3, 0.4) is 0 Å². The first-order valence-corrected chi connectivity index (χ1v) is 10.4. The maximum Gasteiger partial charge on any atom is 0.243 e.